The van der Waals surface area contributed by atoms with Crippen LogP contribution >= 0.6 is 22.9 Å². The SMILES string of the molecule is CC(C)COc1ccc(Cl)cc1C(F)(F)c1nc(C(=O)O)cs1. The number of aromatic nitrogens is 1. The lowest BCUT2D eigenvalue weighted by atomic mass is 10.1. The third kappa shape index (κ3) is 3.97. The van der Waals surface area contributed by atoms with Crippen LogP contribution in [0.2, 0.25) is 5.02 Å². The molecule has 1 heterocycles. The molecule has 8 heteroatoms. The fourth-order valence-corrected chi connectivity index (χ4v) is 2.72. The summed E-state index contributed by atoms with van der Waals surface area (Å²) >= 11 is 6.41. The van der Waals surface area contributed by atoms with Gasteiger partial charge in [0.25, 0.3) is 0 Å². The second-order valence-electron chi connectivity index (χ2n) is 5.26. The molecule has 0 aliphatic rings. The highest BCUT2D eigenvalue weighted by Crippen LogP contribution is 2.43. The van der Waals surface area contributed by atoms with Crippen molar-refractivity contribution in [3.05, 3.63) is 44.9 Å². The molecule has 0 amide bonds. The maximum atomic E-state index is 14.7. The Morgan fingerprint density at radius 1 is 1.48 bits per heavy atom. The summed E-state index contributed by atoms with van der Waals surface area (Å²) < 4.78 is 34.9. The second-order valence-corrected chi connectivity index (χ2v) is 6.56. The largest absolute Gasteiger partial charge is 0.493 e. The maximum absolute atomic E-state index is 14.7. The number of aromatic carboxylic acids is 1. The molecule has 0 atom stereocenters. The van der Waals surface area contributed by atoms with Crippen molar-refractivity contribution in [2.75, 3.05) is 6.61 Å². The van der Waals surface area contributed by atoms with Gasteiger partial charge in [0, 0.05) is 10.4 Å². The van der Waals surface area contributed by atoms with E-state index < -0.39 is 28.2 Å². The van der Waals surface area contributed by atoms with E-state index in [4.69, 9.17) is 21.4 Å². The van der Waals surface area contributed by atoms with Gasteiger partial charge >= 0.3 is 11.9 Å². The lowest BCUT2D eigenvalue weighted by molar-refractivity contribution is 0.0385. The molecule has 0 aliphatic carbocycles. The summed E-state index contributed by atoms with van der Waals surface area (Å²) in [4.78, 5) is 14.3. The van der Waals surface area contributed by atoms with Crippen molar-refractivity contribution in [1.82, 2.24) is 4.98 Å². The molecular formula is C15H14ClF2NO3S. The Bertz CT molecular complexity index is 718. The summed E-state index contributed by atoms with van der Waals surface area (Å²) in [5.41, 5.74) is -0.853. The minimum Gasteiger partial charge on any atom is -0.493 e. The third-order valence-electron chi connectivity index (χ3n) is 2.84. The van der Waals surface area contributed by atoms with Crippen molar-refractivity contribution in [3.63, 3.8) is 0 Å². The topological polar surface area (TPSA) is 59.4 Å². The Morgan fingerprint density at radius 2 is 2.17 bits per heavy atom. The summed E-state index contributed by atoms with van der Waals surface area (Å²) in [5, 5.41) is 9.42. The predicted octanol–water partition coefficient (Wildman–Crippen LogP) is 4.67. The summed E-state index contributed by atoms with van der Waals surface area (Å²) in [6.45, 7) is 4.06. The summed E-state index contributed by atoms with van der Waals surface area (Å²) in [6.07, 6.45) is 0. The van der Waals surface area contributed by atoms with Gasteiger partial charge in [0.2, 0.25) is 0 Å². The zero-order valence-corrected chi connectivity index (χ0v) is 13.9. The number of halogens is 3. The van der Waals surface area contributed by atoms with Gasteiger partial charge in [-0.2, -0.15) is 8.78 Å². The van der Waals surface area contributed by atoms with Crippen LogP contribution in [0.3, 0.4) is 0 Å². The molecule has 0 fully saturated rings. The van der Waals surface area contributed by atoms with Gasteiger partial charge in [-0.1, -0.05) is 25.4 Å². The molecule has 0 aliphatic heterocycles. The number of hydrogen-bond donors (Lipinski definition) is 1. The number of alkyl halides is 2. The molecule has 0 unspecified atom stereocenters. The van der Waals surface area contributed by atoms with Crippen molar-refractivity contribution < 1.29 is 23.4 Å². The Morgan fingerprint density at radius 3 is 2.74 bits per heavy atom. The minimum absolute atomic E-state index is 0.000162. The van der Waals surface area contributed by atoms with E-state index in [1.807, 2.05) is 13.8 Å². The predicted molar refractivity (Wildman–Crippen MR) is 83.9 cm³/mol. The summed E-state index contributed by atoms with van der Waals surface area (Å²) in [7, 11) is 0. The van der Waals surface area contributed by atoms with Gasteiger partial charge < -0.3 is 9.84 Å². The van der Waals surface area contributed by atoms with Crippen LogP contribution in [0.5, 0.6) is 5.75 Å². The highest BCUT2D eigenvalue weighted by atomic mass is 35.5. The second kappa shape index (κ2) is 6.80. The maximum Gasteiger partial charge on any atom is 0.355 e. The number of carboxylic acids is 1. The number of thiazole rings is 1. The lowest BCUT2D eigenvalue weighted by Gasteiger charge is -2.19. The van der Waals surface area contributed by atoms with Crippen molar-refractivity contribution in [2.45, 2.75) is 19.8 Å². The van der Waals surface area contributed by atoms with Crippen LogP contribution in [-0.4, -0.2) is 22.7 Å². The monoisotopic (exact) mass is 361 g/mol. The van der Waals surface area contributed by atoms with Gasteiger partial charge in [-0.15, -0.1) is 11.3 Å². The van der Waals surface area contributed by atoms with Crippen LogP contribution in [0.25, 0.3) is 0 Å². The van der Waals surface area contributed by atoms with Gasteiger partial charge in [-0.3, -0.25) is 0 Å². The van der Waals surface area contributed by atoms with Crippen LogP contribution in [0.1, 0.15) is 34.9 Å². The molecule has 0 saturated heterocycles. The van der Waals surface area contributed by atoms with Gasteiger partial charge in [-0.25, -0.2) is 9.78 Å². The average molecular weight is 362 g/mol. The minimum atomic E-state index is -3.50. The van der Waals surface area contributed by atoms with E-state index in [9.17, 15) is 13.6 Å². The van der Waals surface area contributed by atoms with E-state index in [0.29, 0.717) is 11.3 Å². The first-order valence-electron chi connectivity index (χ1n) is 6.71. The summed E-state index contributed by atoms with van der Waals surface area (Å²) in [5.74, 6) is -4.70. The molecule has 0 radical (unpaired) electrons. The molecule has 1 N–H and O–H groups in total. The van der Waals surface area contributed by atoms with E-state index >= 15 is 0 Å². The van der Waals surface area contributed by atoms with Crippen molar-refractivity contribution in [2.24, 2.45) is 5.92 Å². The molecule has 0 spiro atoms. The fourth-order valence-electron chi connectivity index (χ4n) is 1.76. The molecule has 2 aromatic rings. The van der Waals surface area contributed by atoms with E-state index in [-0.39, 0.29) is 23.3 Å². The Balaban J connectivity index is 2.44. The summed E-state index contributed by atoms with van der Waals surface area (Å²) in [6, 6.07) is 3.94. The highest BCUT2D eigenvalue weighted by molar-refractivity contribution is 7.10. The standard InChI is InChI=1S/C15H14ClF2NO3S/c1-8(2)6-22-12-4-3-9(16)5-10(12)15(17,18)14-19-11(7-23-14)13(20)21/h3-5,7-8H,6H2,1-2H3,(H,20,21). The van der Waals surface area contributed by atoms with Crippen molar-refractivity contribution in [3.8, 4) is 5.75 Å². The number of benzene rings is 1. The molecule has 1 aromatic carbocycles. The number of ether oxygens (including phenoxy) is 1. The highest BCUT2D eigenvalue weighted by Gasteiger charge is 2.41. The number of nitrogens with zero attached hydrogens (tertiary/aromatic N) is 1. The Hall–Kier alpha value is -1.73. The first kappa shape index (κ1) is 17.6. The fraction of sp³-hybridized carbons (Fsp3) is 0.333. The first-order chi connectivity index (χ1) is 10.7. The van der Waals surface area contributed by atoms with E-state index in [1.54, 1.807) is 0 Å². The third-order valence-corrected chi connectivity index (χ3v) is 3.99. The molecule has 4 nitrogen and oxygen atoms in total. The molecular weight excluding hydrogens is 348 g/mol. The lowest BCUT2D eigenvalue weighted by Crippen LogP contribution is -2.18. The quantitative estimate of drug-likeness (QED) is 0.812. The van der Waals surface area contributed by atoms with E-state index in [1.165, 1.54) is 12.1 Å². The number of carboxylic acid groups (broad SMARTS) is 1. The molecule has 23 heavy (non-hydrogen) atoms. The Labute approximate surface area is 140 Å². The van der Waals surface area contributed by atoms with Gasteiger partial charge in [-0.05, 0) is 24.1 Å². The van der Waals surface area contributed by atoms with Crippen LogP contribution in [0, 0.1) is 5.92 Å². The number of hydrogen-bond acceptors (Lipinski definition) is 4. The molecule has 2 rings (SSSR count). The first-order valence-corrected chi connectivity index (χ1v) is 7.97. The van der Waals surface area contributed by atoms with Crippen LogP contribution in [0.4, 0.5) is 8.78 Å². The zero-order chi connectivity index (χ0) is 17.2. The van der Waals surface area contributed by atoms with Gasteiger partial charge in [0.05, 0.1) is 12.2 Å². The van der Waals surface area contributed by atoms with Crippen LogP contribution in [0.15, 0.2) is 23.6 Å². The van der Waals surface area contributed by atoms with E-state index in [2.05, 4.69) is 4.98 Å². The van der Waals surface area contributed by atoms with Crippen molar-refractivity contribution >= 4 is 28.9 Å². The number of carbonyl (C=O) groups is 1. The van der Waals surface area contributed by atoms with Crippen LogP contribution in [-0.2, 0) is 5.92 Å². The van der Waals surface area contributed by atoms with Crippen molar-refractivity contribution in [1.29, 1.82) is 0 Å². The molecule has 124 valence electrons. The van der Waals surface area contributed by atoms with E-state index in [0.717, 1.165) is 11.4 Å². The molecule has 1 aromatic heterocycles. The molecule has 0 saturated carbocycles. The molecule has 0 bridgehead atoms. The van der Waals surface area contributed by atoms with Gasteiger partial charge in [0.15, 0.2) is 10.7 Å². The van der Waals surface area contributed by atoms with Gasteiger partial charge in [0.1, 0.15) is 5.75 Å². The normalized spacial score (nSPS) is 11.7. The zero-order valence-electron chi connectivity index (χ0n) is 12.3. The van der Waals surface area contributed by atoms with Crippen LogP contribution < -0.4 is 4.74 Å². The Kier molecular flexibility index (Phi) is 5.21. The average Bonchev–Trinajstić information content (AvgIpc) is 2.96. The smallest absolute Gasteiger partial charge is 0.355 e. The number of rotatable bonds is 6.